The third-order valence-electron chi connectivity index (χ3n) is 4.84. The van der Waals surface area contributed by atoms with Gasteiger partial charge >= 0.3 is 0 Å². The van der Waals surface area contributed by atoms with Gasteiger partial charge in [-0.25, -0.2) is 0 Å². The maximum absolute atomic E-state index is 12.8. The van der Waals surface area contributed by atoms with Crippen LogP contribution < -0.4 is 14.8 Å². The molecule has 8 heteroatoms. The summed E-state index contributed by atoms with van der Waals surface area (Å²) < 4.78 is 10.5. The minimum absolute atomic E-state index is 0. The topological polar surface area (TPSA) is 71.1 Å². The van der Waals surface area contributed by atoms with E-state index in [1.807, 2.05) is 4.90 Å². The minimum atomic E-state index is -0.0664. The van der Waals surface area contributed by atoms with Gasteiger partial charge in [0.1, 0.15) is 11.5 Å². The van der Waals surface area contributed by atoms with Crippen molar-refractivity contribution in [2.45, 2.75) is 18.9 Å². The van der Waals surface area contributed by atoms with Gasteiger partial charge in [0.15, 0.2) is 0 Å². The molecule has 2 aliphatic rings. The van der Waals surface area contributed by atoms with Gasteiger partial charge in [-0.15, -0.1) is 12.4 Å². The molecule has 2 amide bonds. The summed E-state index contributed by atoms with van der Waals surface area (Å²) in [6.07, 6.45) is 1.95. The van der Waals surface area contributed by atoms with Crippen LogP contribution in [0.25, 0.3) is 0 Å². The van der Waals surface area contributed by atoms with E-state index in [0.717, 1.165) is 19.4 Å². The zero-order valence-electron chi connectivity index (χ0n) is 15.2. The van der Waals surface area contributed by atoms with Crippen molar-refractivity contribution in [3.05, 3.63) is 23.8 Å². The van der Waals surface area contributed by atoms with Crippen LogP contribution >= 0.6 is 12.4 Å². The van der Waals surface area contributed by atoms with E-state index < -0.39 is 0 Å². The molecular weight excluding hydrogens is 358 g/mol. The van der Waals surface area contributed by atoms with E-state index in [2.05, 4.69) is 5.32 Å². The molecule has 1 aromatic rings. The summed E-state index contributed by atoms with van der Waals surface area (Å²) in [7, 11) is 3.12. The molecule has 7 nitrogen and oxygen atoms in total. The number of benzene rings is 1. The summed E-state index contributed by atoms with van der Waals surface area (Å²) in [5, 5.41) is 3.24. The molecule has 3 rings (SSSR count). The molecule has 2 aliphatic heterocycles. The van der Waals surface area contributed by atoms with E-state index in [9.17, 15) is 9.59 Å². The van der Waals surface area contributed by atoms with Gasteiger partial charge < -0.3 is 24.6 Å². The molecule has 2 saturated heterocycles. The molecule has 26 heavy (non-hydrogen) atoms. The van der Waals surface area contributed by atoms with E-state index in [1.165, 1.54) is 0 Å². The average Bonchev–Trinajstić information content (AvgIpc) is 3.21. The largest absolute Gasteiger partial charge is 0.497 e. The Kier molecular flexibility index (Phi) is 7.11. The first-order valence-electron chi connectivity index (χ1n) is 8.67. The third-order valence-corrected chi connectivity index (χ3v) is 4.84. The van der Waals surface area contributed by atoms with Crippen LogP contribution in [0.15, 0.2) is 18.2 Å². The van der Waals surface area contributed by atoms with Crippen molar-refractivity contribution in [1.82, 2.24) is 15.1 Å². The monoisotopic (exact) mass is 383 g/mol. The van der Waals surface area contributed by atoms with Gasteiger partial charge in [0.2, 0.25) is 5.91 Å². The second-order valence-corrected chi connectivity index (χ2v) is 6.37. The van der Waals surface area contributed by atoms with Crippen molar-refractivity contribution in [3.8, 4) is 11.5 Å². The number of nitrogens with zero attached hydrogens (tertiary/aromatic N) is 2. The molecule has 0 radical (unpaired) electrons. The Balaban J connectivity index is 0.00000243. The van der Waals surface area contributed by atoms with Crippen molar-refractivity contribution in [1.29, 1.82) is 0 Å². The molecule has 0 aromatic heterocycles. The number of halogens is 1. The highest BCUT2D eigenvalue weighted by Crippen LogP contribution is 2.24. The van der Waals surface area contributed by atoms with Crippen LogP contribution in [0, 0.1) is 0 Å². The molecule has 2 fully saturated rings. The molecule has 0 bridgehead atoms. The minimum Gasteiger partial charge on any atom is -0.497 e. The Bertz CT molecular complexity index is 619. The summed E-state index contributed by atoms with van der Waals surface area (Å²) >= 11 is 0. The summed E-state index contributed by atoms with van der Waals surface area (Å²) in [6, 6.07) is 5.11. The zero-order valence-corrected chi connectivity index (χ0v) is 16.0. The summed E-state index contributed by atoms with van der Waals surface area (Å²) in [5.41, 5.74) is 0.536. The first-order chi connectivity index (χ1) is 12.1. The van der Waals surface area contributed by atoms with Crippen LogP contribution in [0.2, 0.25) is 0 Å². The van der Waals surface area contributed by atoms with Gasteiger partial charge in [-0.1, -0.05) is 0 Å². The Morgan fingerprint density at radius 3 is 2.08 bits per heavy atom. The van der Waals surface area contributed by atoms with Crippen LogP contribution in [0.4, 0.5) is 0 Å². The van der Waals surface area contributed by atoms with Gasteiger partial charge in [0.05, 0.1) is 20.3 Å². The molecule has 0 saturated carbocycles. The predicted molar refractivity (Wildman–Crippen MR) is 100 cm³/mol. The number of hydrogen-bond acceptors (Lipinski definition) is 5. The number of amides is 2. The van der Waals surface area contributed by atoms with E-state index >= 15 is 0 Å². The molecule has 1 N–H and O–H groups in total. The Morgan fingerprint density at radius 2 is 1.58 bits per heavy atom. The number of carbonyl (C=O) groups is 2. The molecule has 0 aliphatic carbocycles. The van der Waals surface area contributed by atoms with E-state index in [0.29, 0.717) is 43.2 Å². The normalized spacial score (nSPS) is 19.7. The van der Waals surface area contributed by atoms with Gasteiger partial charge in [0, 0.05) is 37.8 Å². The summed E-state index contributed by atoms with van der Waals surface area (Å²) in [5.74, 6) is 1.27. The SMILES string of the molecule is COc1cc(OC)cc(C(=O)N2CCN(C(=O)C3CCCN3)CC2)c1.Cl. The van der Waals surface area contributed by atoms with Crippen LogP contribution in [0.3, 0.4) is 0 Å². The standard InChI is InChI=1S/C18H25N3O4.ClH/c1-24-14-10-13(11-15(12-14)25-2)17(22)20-6-8-21(9-7-20)18(23)16-4-3-5-19-16;/h10-12,16,19H,3-9H2,1-2H3;1H. The highest BCUT2D eigenvalue weighted by Gasteiger charge is 2.30. The molecule has 1 atom stereocenters. The van der Waals surface area contributed by atoms with E-state index in [-0.39, 0.29) is 30.3 Å². The van der Waals surface area contributed by atoms with Crippen molar-refractivity contribution in [2.75, 3.05) is 46.9 Å². The molecule has 0 spiro atoms. The molecule has 2 heterocycles. The predicted octanol–water partition coefficient (Wildman–Crippen LogP) is 1.16. The number of methoxy groups -OCH3 is 2. The van der Waals surface area contributed by atoms with Gasteiger partial charge in [-0.3, -0.25) is 9.59 Å². The van der Waals surface area contributed by atoms with Crippen LogP contribution in [-0.2, 0) is 4.79 Å². The maximum atomic E-state index is 12.8. The zero-order chi connectivity index (χ0) is 17.8. The molecular formula is C18H26ClN3O4. The van der Waals surface area contributed by atoms with E-state index in [1.54, 1.807) is 37.3 Å². The average molecular weight is 384 g/mol. The second kappa shape index (κ2) is 9.09. The number of rotatable bonds is 4. The Morgan fingerprint density at radius 1 is 1.00 bits per heavy atom. The highest BCUT2D eigenvalue weighted by atomic mass is 35.5. The van der Waals surface area contributed by atoms with E-state index in [4.69, 9.17) is 9.47 Å². The second-order valence-electron chi connectivity index (χ2n) is 6.37. The molecule has 1 unspecified atom stereocenters. The number of nitrogens with one attached hydrogen (secondary N) is 1. The van der Waals surface area contributed by atoms with Crippen molar-refractivity contribution < 1.29 is 19.1 Å². The lowest BCUT2D eigenvalue weighted by Gasteiger charge is -2.36. The van der Waals surface area contributed by atoms with Crippen molar-refractivity contribution in [2.24, 2.45) is 0 Å². The number of piperazine rings is 1. The van der Waals surface area contributed by atoms with Crippen molar-refractivity contribution >= 4 is 24.2 Å². The fraction of sp³-hybridized carbons (Fsp3) is 0.556. The van der Waals surface area contributed by atoms with Crippen LogP contribution in [-0.4, -0.2) is 74.6 Å². The fourth-order valence-corrected chi connectivity index (χ4v) is 3.36. The summed E-state index contributed by atoms with van der Waals surface area (Å²) in [6.45, 7) is 3.13. The van der Waals surface area contributed by atoms with Crippen molar-refractivity contribution in [3.63, 3.8) is 0 Å². The third kappa shape index (κ3) is 4.40. The van der Waals surface area contributed by atoms with Gasteiger partial charge in [-0.05, 0) is 31.5 Å². The fourth-order valence-electron chi connectivity index (χ4n) is 3.36. The number of ether oxygens (including phenoxy) is 2. The maximum Gasteiger partial charge on any atom is 0.254 e. The quantitative estimate of drug-likeness (QED) is 0.844. The molecule has 1 aromatic carbocycles. The first-order valence-corrected chi connectivity index (χ1v) is 8.67. The van der Waals surface area contributed by atoms with Crippen LogP contribution in [0.1, 0.15) is 23.2 Å². The Labute approximate surface area is 160 Å². The lowest BCUT2D eigenvalue weighted by Crippen LogP contribution is -2.54. The van der Waals surface area contributed by atoms with Gasteiger partial charge in [-0.2, -0.15) is 0 Å². The Hall–Kier alpha value is -1.99. The number of hydrogen-bond donors (Lipinski definition) is 1. The number of carbonyl (C=O) groups excluding carboxylic acids is 2. The van der Waals surface area contributed by atoms with Gasteiger partial charge in [0.25, 0.3) is 5.91 Å². The first kappa shape index (κ1) is 20.3. The lowest BCUT2D eigenvalue weighted by molar-refractivity contribution is -0.134. The summed E-state index contributed by atoms with van der Waals surface area (Å²) in [4.78, 5) is 28.8. The molecule has 144 valence electrons. The smallest absolute Gasteiger partial charge is 0.254 e. The lowest BCUT2D eigenvalue weighted by atomic mass is 10.1. The van der Waals surface area contributed by atoms with Crippen LogP contribution in [0.5, 0.6) is 11.5 Å². The highest BCUT2D eigenvalue weighted by molar-refractivity contribution is 5.95.